The number of carbonyl (C=O) groups excluding carboxylic acids is 2. The van der Waals surface area contributed by atoms with E-state index >= 15 is 0 Å². The second-order valence-corrected chi connectivity index (χ2v) is 6.37. The van der Waals surface area contributed by atoms with Gasteiger partial charge in [-0.05, 0) is 30.5 Å². The predicted molar refractivity (Wildman–Crippen MR) is 102 cm³/mol. The molecule has 0 aliphatic heterocycles. The molecule has 0 atom stereocenters. The lowest BCUT2D eigenvalue weighted by atomic mass is 10.2. The SMILES string of the molecule is CCOc1cccc2cc(C(=O)OCC(=O)Nc3sccc3C#N)c(=O)oc12. The van der Waals surface area contributed by atoms with Gasteiger partial charge >= 0.3 is 11.6 Å². The highest BCUT2D eigenvalue weighted by Gasteiger charge is 2.18. The Balaban J connectivity index is 1.73. The molecule has 1 amide bonds. The maximum Gasteiger partial charge on any atom is 0.351 e. The maximum atomic E-state index is 12.2. The molecule has 0 unspecified atom stereocenters. The number of hydrogen-bond acceptors (Lipinski definition) is 8. The summed E-state index contributed by atoms with van der Waals surface area (Å²) in [5.74, 6) is -1.23. The molecule has 0 aliphatic rings. The second-order valence-electron chi connectivity index (χ2n) is 5.45. The Morgan fingerprint density at radius 1 is 1.32 bits per heavy atom. The lowest BCUT2D eigenvalue weighted by Crippen LogP contribution is -2.23. The molecule has 1 N–H and O–H groups in total. The van der Waals surface area contributed by atoms with Crippen LogP contribution in [0.2, 0.25) is 0 Å². The van der Waals surface area contributed by atoms with Crippen LogP contribution < -0.4 is 15.7 Å². The number of thiophene rings is 1. The van der Waals surface area contributed by atoms with Crippen molar-refractivity contribution < 1.29 is 23.5 Å². The third-order valence-electron chi connectivity index (χ3n) is 3.62. The standard InChI is InChI=1S/C19H14N2O6S/c1-2-25-14-5-3-4-11-8-13(19(24)27-16(11)14)18(23)26-10-15(22)21-17-12(9-20)6-7-28-17/h3-8H,2,10H2,1H3,(H,21,22). The molecule has 3 aromatic rings. The van der Waals surface area contributed by atoms with Crippen LogP contribution in [0.3, 0.4) is 0 Å². The van der Waals surface area contributed by atoms with Crippen LogP contribution in [-0.4, -0.2) is 25.1 Å². The van der Waals surface area contributed by atoms with E-state index in [1.165, 1.54) is 17.4 Å². The second kappa shape index (κ2) is 8.37. The van der Waals surface area contributed by atoms with E-state index in [1.54, 1.807) is 36.6 Å². The fourth-order valence-electron chi connectivity index (χ4n) is 2.39. The quantitative estimate of drug-likeness (QED) is 0.501. The number of anilines is 1. The summed E-state index contributed by atoms with van der Waals surface area (Å²) in [6, 6.07) is 9.83. The molecule has 9 heteroatoms. The Hall–Kier alpha value is -3.64. The molecule has 0 aliphatic carbocycles. The molecule has 0 bridgehead atoms. The van der Waals surface area contributed by atoms with E-state index in [1.807, 2.05) is 6.07 Å². The molecule has 0 spiro atoms. The van der Waals surface area contributed by atoms with Gasteiger partial charge in [0.25, 0.3) is 5.91 Å². The fourth-order valence-corrected chi connectivity index (χ4v) is 3.15. The smallest absolute Gasteiger partial charge is 0.351 e. The number of carbonyl (C=O) groups is 2. The van der Waals surface area contributed by atoms with Crippen LogP contribution in [0.15, 0.2) is 44.9 Å². The molecule has 0 radical (unpaired) electrons. The Kier molecular flexibility index (Phi) is 5.72. The van der Waals surface area contributed by atoms with Gasteiger partial charge in [0.15, 0.2) is 17.9 Å². The molecule has 8 nitrogen and oxygen atoms in total. The van der Waals surface area contributed by atoms with E-state index in [4.69, 9.17) is 19.2 Å². The summed E-state index contributed by atoms with van der Waals surface area (Å²) in [7, 11) is 0. The summed E-state index contributed by atoms with van der Waals surface area (Å²) in [5.41, 5.74) is -0.687. The zero-order valence-electron chi connectivity index (χ0n) is 14.7. The van der Waals surface area contributed by atoms with Crippen LogP contribution >= 0.6 is 11.3 Å². The minimum atomic E-state index is -0.987. The topological polar surface area (TPSA) is 119 Å². The lowest BCUT2D eigenvalue weighted by molar-refractivity contribution is -0.119. The van der Waals surface area contributed by atoms with Gasteiger partial charge < -0.3 is 19.2 Å². The molecule has 2 aromatic heterocycles. The van der Waals surface area contributed by atoms with Crippen LogP contribution in [0.5, 0.6) is 5.75 Å². The van der Waals surface area contributed by atoms with Crippen LogP contribution in [0, 0.1) is 11.3 Å². The van der Waals surface area contributed by atoms with Crippen molar-refractivity contribution in [2.24, 2.45) is 0 Å². The first-order valence-corrected chi connectivity index (χ1v) is 9.05. The number of nitriles is 1. The maximum absolute atomic E-state index is 12.2. The highest BCUT2D eigenvalue weighted by atomic mass is 32.1. The zero-order valence-corrected chi connectivity index (χ0v) is 15.5. The molecule has 0 fully saturated rings. The molecule has 2 heterocycles. The van der Waals surface area contributed by atoms with Gasteiger partial charge in [-0.1, -0.05) is 12.1 Å². The van der Waals surface area contributed by atoms with E-state index < -0.39 is 24.1 Å². The van der Waals surface area contributed by atoms with Gasteiger partial charge in [0, 0.05) is 5.39 Å². The molecule has 3 rings (SSSR count). The van der Waals surface area contributed by atoms with Crippen molar-refractivity contribution in [1.29, 1.82) is 5.26 Å². The number of benzene rings is 1. The van der Waals surface area contributed by atoms with Crippen LogP contribution in [-0.2, 0) is 9.53 Å². The number of ether oxygens (including phenoxy) is 2. The third-order valence-corrected chi connectivity index (χ3v) is 4.45. The molecule has 0 saturated heterocycles. The highest BCUT2D eigenvalue weighted by molar-refractivity contribution is 7.14. The van der Waals surface area contributed by atoms with Gasteiger partial charge in [0.2, 0.25) is 0 Å². The van der Waals surface area contributed by atoms with E-state index in [0.717, 1.165) is 0 Å². The average Bonchev–Trinajstić information content (AvgIpc) is 3.13. The highest BCUT2D eigenvalue weighted by Crippen LogP contribution is 2.25. The van der Waals surface area contributed by atoms with Crippen LogP contribution in [0.4, 0.5) is 5.00 Å². The van der Waals surface area contributed by atoms with Gasteiger partial charge in [0.1, 0.15) is 16.6 Å². The lowest BCUT2D eigenvalue weighted by Gasteiger charge is -2.08. The number of nitrogens with zero attached hydrogens (tertiary/aromatic N) is 1. The Bertz CT molecular complexity index is 1140. The predicted octanol–water partition coefficient (Wildman–Crippen LogP) is 2.92. The number of rotatable bonds is 6. The minimum Gasteiger partial charge on any atom is -0.490 e. The van der Waals surface area contributed by atoms with Crippen molar-refractivity contribution in [1.82, 2.24) is 0 Å². The summed E-state index contributed by atoms with van der Waals surface area (Å²) in [5, 5.41) is 13.9. The van der Waals surface area contributed by atoms with Crippen molar-refractivity contribution in [3.63, 3.8) is 0 Å². The minimum absolute atomic E-state index is 0.227. The van der Waals surface area contributed by atoms with E-state index in [0.29, 0.717) is 28.3 Å². The fraction of sp³-hybridized carbons (Fsp3) is 0.158. The Labute approximate surface area is 162 Å². The van der Waals surface area contributed by atoms with Crippen LogP contribution in [0.1, 0.15) is 22.8 Å². The Morgan fingerprint density at radius 3 is 2.89 bits per heavy atom. The van der Waals surface area contributed by atoms with Crippen molar-refractivity contribution in [3.05, 3.63) is 57.3 Å². The van der Waals surface area contributed by atoms with Gasteiger partial charge in [-0.15, -0.1) is 11.3 Å². The molecular formula is C19H14N2O6S. The van der Waals surface area contributed by atoms with Crippen molar-refractivity contribution in [3.8, 4) is 11.8 Å². The molecule has 0 saturated carbocycles. The largest absolute Gasteiger partial charge is 0.490 e. The van der Waals surface area contributed by atoms with Gasteiger partial charge in [0.05, 0.1) is 12.2 Å². The van der Waals surface area contributed by atoms with Crippen molar-refractivity contribution in [2.45, 2.75) is 6.92 Å². The monoisotopic (exact) mass is 398 g/mol. The molecular weight excluding hydrogens is 384 g/mol. The summed E-state index contributed by atoms with van der Waals surface area (Å²) >= 11 is 1.17. The number of esters is 1. The third kappa shape index (κ3) is 4.02. The molecule has 142 valence electrons. The Morgan fingerprint density at radius 2 is 2.14 bits per heavy atom. The average molecular weight is 398 g/mol. The van der Waals surface area contributed by atoms with Crippen molar-refractivity contribution in [2.75, 3.05) is 18.5 Å². The first-order chi connectivity index (χ1) is 13.5. The first kappa shape index (κ1) is 19.1. The van der Waals surface area contributed by atoms with E-state index in [9.17, 15) is 14.4 Å². The first-order valence-electron chi connectivity index (χ1n) is 8.17. The van der Waals surface area contributed by atoms with Gasteiger partial charge in [-0.3, -0.25) is 4.79 Å². The number of hydrogen-bond donors (Lipinski definition) is 1. The van der Waals surface area contributed by atoms with E-state index in [2.05, 4.69) is 5.32 Å². The summed E-state index contributed by atoms with van der Waals surface area (Å²) in [6.45, 7) is 1.57. The number of para-hydroxylation sites is 1. The van der Waals surface area contributed by atoms with Gasteiger partial charge in [-0.25, -0.2) is 9.59 Å². The zero-order chi connectivity index (χ0) is 20.1. The van der Waals surface area contributed by atoms with Gasteiger partial charge in [-0.2, -0.15) is 5.26 Å². The number of nitrogens with one attached hydrogen (secondary N) is 1. The summed E-state index contributed by atoms with van der Waals surface area (Å²) < 4.78 is 15.5. The van der Waals surface area contributed by atoms with Crippen LogP contribution in [0.25, 0.3) is 11.0 Å². The molecule has 28 heavy (non-hydrogen) atoms. The van der Waals surface area contributed by atoms with Crippen molar-refractivity contribution >= 4 is 39.2 Å². The summed E-state index contributed by atoms with van der Waals surface area (Å²) in [4.78, 5) is 36.3. The number of amides is 1. The summed E-state index contributed by atoms with van der Waals surface area (Å²) in [6.07, 6.45) is 0. The number of fused-ring (bicyclic) bond motifs is 1. The van der Waals surface area contributed by atoms with E-state index in [-0.39, 0.29) is 11.1 Å². The molecule has 1 aromatic carbocycles. The normalized spacial score (nSPS) is 10.3.